The number of pyridine rings is 1. The number of benzene rings is 1. The van der Waals surface area contributed by atoms with Gasteiger partial charge in [0.1, 0.15) is 5.82 Å². The second-order valence-corrected chi connectivity index (χ2v) is 5.94. The van der Waals surface area contributed by atoms with Gasteiger partial charge in [-0.1, -0.05) is 31.0 Å². The van der Waals surface area contributed by atoms with Gasteiger partial charge in [0.25, 0.3) is 0 Å². The van der Waals surface area contributed by atoms with Gasteiger partial charge in [-0.2, -0.15) is 0 Å². The number of hydrogen-bond donors (Lipinski definition) is 3. The number of hydrogen-bond acceptors (Lipinski definition) is 3. The molecule has 0 bridgehead atoms. The summed E-state index contributed by atoms with van der Waals surface area (Å²) in [6.07, 6.45) is 5.15. The highest BCUT2D eigenvalue weighted by Gasteiger charge is 2.15. The van der Waals surface area contributed by atoms with Gasteiger partial charge >= 0.3 is 0 Å². The largest absolute Gasteiger partial charge is 0.368 e. The Morgan fingerprint density at radius 2 is 1.96 bits per heavy atom. The summed E-state index contributed by atoms with van der Waals surface area (Å²) in [6.45, 7) is 1.61. The highest BCUT2D eigenvalue weighted by molar-refractivity contribution is 5.80. The number of anilines is 1. The van der Waals surface area contributed by atoms with E-state index in [1.807, 2.05) is 31.3 Å². The Morgan fingerprint density at radius 3 is 2.78 bits per heavy atom. The second-order valence-electron chi connectivity index (χ2n) is 5.94. The first-order valence-corrected chi connectivity index (χ1v) is 8.42. The quantitative estimate of drug-likeness (QED) is 0.451. The summed E-state index contributed by atoms with van der Waals surface area (Å²) in [4.78, 5) is 8.90. The van der Waals surface area contributed by atoms with Crippen molar-refractivity contribution in [2.45, 2.75) is 31.7 Å². The molecule has 5 nitrogen and oxygen atoms in total. The SMILES string of the molecule is CN=C(NCCNc1ccc2ccccc2n1)NC1CCCC1. The Bertz CT molecular complexity index is 661. The monoisotopic (exact) mass is 311 g/mol. The summed E-state index contributed by atoms with van der Waals surface area (Å²) >= 11 is 0. The number of guanidine groups is 1. The first-order chi connectivity index (χ1) is 11.3. The number of aliphatic imine (C=N–C) groups is 1. The number of fused-ring (bicyclic) bond motifs is 1. The first kappa shape index (κ1) is 15.6. The molecule has 1 aromatic heterocycles. The number of nitrogens with zero attached hydrogens (tertiary/aromatic N) is 2. The topological polar surface area (TPSA) is 61.3 Å². The molecule has 122 valence electrons. The van der Waals surface area contributed by atoms with Crippen LogP contribution in [0.3, 0.4) is 0 Å². The molecule has 3 N–H and O–H groups in total. The van der Waals surface area contributed by atoms with Crippen LogP contribution in [0.15, 0.2) is 41.4 Å². The normalized spacial score (nSPS) is 15.8. The minimum Gasteiger partial charge on any atom is -0.368 e. The third kappa shape index (κ3) is 4.34. The maximum absolute atomic E-state index is 4.61. The van der Waals surface area contributed by atoms with Crippen LogP contribution in [0.25, 0.3) is 10.9 Å². The van der Waals surface area contributed by atoms with Crippen LogP contribution < -0.4 is 16.0 Å². The van der Waals surface area contributed by atoms with Crippen LogP contribution in [0.2, 0.25) is 0 Å². The van der Waals surface area contributed by atoms with Crippen molar-refractivity contribution in [3.63, 3.8) is 0 Å². The van der Waals surface area contributed by atoms with Gasteiger partial charge in [0, 0.05) is 31.6 Å². The predicted octanol–water partition coefficient (Wildman–Crippen LogP) is 2.75. The molecule has 1 heterocycles. The molecule has 1 saturated carbocycles. The molecule has 0 unspecified atom stereocenters. The minimum atomic E-state index is 0.580. The second kappa shape index (κ2) is 7.81. The van der Waals surface area contributed by atoms with Gasteiger partial charge in [-0.3, -0.25) is 4.99 Å². The fraction of sp³-hybridized carbons (Fsp3) is 0.444. The summed E-state index contributed by atoms with van der Waals surface area (Å²) in [5.74, 6) is 1.80. The zero-order chi connectivity index (χ0) is 15.9. The first-order valence-electron chi connectivity index (χ1n) is 8.42. The van der Waals surface area contributed by atoms with Crippen LogP contribution in [-0.2, 0) is 0 Å². The van der Waals surface area contributed by atoms with E-state index in [9.17, 15) is 0 Å². The maximum atomic E-state index is 4.61. The van der Waals surface area contributed by atoms with E-state index in [4.69, 9.17) is 0 Å². The van der Waals surface area contributed by atoms with E-state index in [0.717, 1.165) is 35.8 Å². The zero-order valence-electron chi connectivity index (χ0n) is 13.7. The minimum absolute atomic E-state index is 0.580. The average Bonchev–Trinajstić information content (AvgIpc) is 3.10. The van der Waals surface area contributed by atoms with Crippen molar-refractivity contribution in [2.75, 3.05) is 25.5 Å². The van der Waals surface area contributed by atoms with Gasteiger partial charge in [-0.15, -0.1) is 0 Å². The van der Waals surface area contributed by atoms with Crippen molar-refractivity contribution in [3.8, 4) is 0 Å². The van der Waals surface area contributed by atoms with Crippen molar-refractivity contribution in [2.24, 2.45) is 4.99 Å². The molecule has 1 aliphatic rings. The molecule has 2 aromatic rings. The van der Waals surface area contributed by atoms with Crippen molar-refractivity contribution in [3.05, 3.63) is 36.4 Å². The Balaban J connectivity index is 1.44. The third-order valence-electron chi connectivity index (χ3n) is 4.24. The van der Waals surface area contributed by atoms with Gasteiger partial charge in [0.2, 0.25) is 0 Å². The van der Waals surface area contributed by atoms with E-state index in [1.165, 1.54) is 25.7 Å². The number of aromatic nitrogens is 1. The molecular weight excluding hydrogens is 286 g/mol. The summed E-state index contributed by atoms with van der Waals surface area (Å²) in [5, 5.41) is 11.4. The molecule has 0 saturated heterocycles. The lowest BCUT2D eigenvalue weighted by molar-refractivity contribution is 0.615. The summed E-state index contributed by atoms with van der Waals surface area (Å²) in [5.41, 5.74) is 1.02. The molecule has 0 atom stereocenters. The van der Waals surface area contributed by atoms with Crippen molar-refractivity contribution < 1.29 is 0 Å². The number of nitrogens with one attached hydrogen (secondary N) is 3. The van der Waals surface area contributed by atoms with Crippen molar-refractivity contribution >= 4 is 22.7 Å². The van der Waals surface area contributed by atoms with Gasteiger partial charge in [0.15, 0.2) is 5.96 Å². The highest BCUT2D eigenvalue weighted by atomic mass is 15.2. The van der Waals surface area contributed by atoms with E-state index in [-0.39, 0.29) is 0 Å². The molecule has 1 aromatic carbocycles. The van der Waals surface area contributed by atoms with E-state index >= 15 is 0 Å². The molecule has 0 radical (unpaired) electrons. The smallest absolute Gasteiger partial charge is 0.191 e. The maximum Gasteiger partial charge on any atom is 0.191 e. The van der Waals surface area contributed by atoms with Crippen molar-refractivity contribution in [1.82, 2.24) is 15.6 Å². The van der Waals surface area contributed by atoms with E-state index in [0.29, 0.717) is 6.04 Å². The Hall–Kier alpha value is -2.30. The Kier molecular flexibility index (Phi) is 5.29. The molecule has 1 aliphatic carbocycles. The molecule has 0 amide bonds. The average molecular weight is 311 g/mol. The third-order valence-corrected chi connectivity index (χ3v) is 4.24. The van der Waals surface area contributed by atoms with Gasteiger partial charge < -0.3 is 16.0 Å². The molecule has 0 spiro atoms. The summed E-state index contributed by atoms with van der Waals surface area (Å²) in [6, 6.07) is 12.9. The van der Waals surface area contributed by atoms with Gasteiger partial charge in [0.05, 0.1) is 5.52 Å². The van der Waals surface area contributed by atoms with Crippen LogP contribution in [0.4, 0.5) is 5.82 Å². The Labute approximate surface area is 137 Å². The molecule has 1 fully saturated rings. The standard InChI is InChI=1S/C18H25N5/c1-19-18(22-15-7-3-4-8-15)21-13-12-20-17-11-10-14-6-2-5-9-16(14)23-17/h2,5-6,9-11,15H,3-4,7-8,12-13H2,1H3,(H,20,23)(H2,19,21,22). The lowest BCUT2D eigenvalue weighted by atomic mass is 10.2. The van der Waals surface area contributed by atoms with Crippen LogP contribution in [0.5, 0.6) is 0 Å². The van der Waals surface area contributed by atoms with Crippen molar-refractivity contribution in [1.29, 1.82) is 0 Å². The zero-order valence-corrected chi connectivity index (χ0v) is 13.7. The summed E-state index contributed by atoms with van der Waals surface area (Å²) < 4.78 is 0. The molecule has 3 rings (SSSR count). The number of rotatable bonds is 5. The highest BCUT2D eigenvalue weighted by Crippen LogP contribution is 2.17. The van der Waals surface area contributed by atoms with Crippen LogP contribution >= 0.6 is 0 Å². The lowest BCUT2D eigenvalue weighted by Crippen LogP contribution is -2.43. The summed E-state index contributed by atoms with van der Waals surface area (Å²) in [7, 11) is 1.82. The fourth-order valence-electron chi connectivity index (χ4n) is 2.99. The van der Waals surface area contributed by atoms with Crippen LogP contribution in [0, 0.1) is 0 Å². The molecule has 0 aliphatic heterocycles. The van der Waals surface area contributed by atoms with E-state index in [2.05, 4.69) is 38.1 Å². The number of para-hydroxylation sites is 1. The lowest BCUT2D eigenvalue weighted by Gasteiger charge is -2.17. The van der Waals surface area contributed by atoms with Crippen LogP contribution in [0.1, 0.15) is 25.7 Å². The molecular formula is C18H25N5. The Morgan fingerprint density at radius 1 is 1.13 bits per heavy atom. The fourth-order valence-corrected chi connectivity index (χ4v) is 2.99. The van der Waals surface area contributed by atoms with Crippen LogP contribution in [-0.4, -0.2) is 37.1 Å². The van der Waals surface area contributed by atoms with Gasteiger partial charge in [-0.25, -0.2) is 4.98 Å². The predicted molar refractivity (Wildman–Crippen MR) is 97.0 cm³/mol. The molecule has 5 heteroatoms. The molecule has 23 heavy (non-hydrogen) atoms. The van der Waals surface area contributed by atoms with E-state index in [1.54, 1.807) is 0 Å². The van der Waals surface area contributed by atoms with Gasteiger partial charge in [-0.05, 0) is 31.0 Å². The van der Waals surface area contributed by atoms with E-state index < -0.39 is 0 Å².